The number of carbonyl (C=O) groups is 2. The van der Waals surface area contributed by atoms with Gasteiger partial charge in [-0.3, -0.25) is 4.79 Å². The second-order valence-corrected chi connectivity index (χ2v) is 7.59. The van der Waals surface area contributed by atoms with Crippen molar-refractivity contribution < 1.29 is 24.2 Å². The Labute approximate surface area is 166 Å². The molecule has 0 aliphatic rings. The first-order valence-electron chi connectivity index (χ1n) is 8.75. The highest BCUT2D eigenvalue weighted by Gasteiger charge is 2.30. The molecule has 0 spiro atoms. The molecule has 0 atom stereocenters. The van der Waals surface area contributed by atoms with Crippen LogP contribution in [0.15, 0.2) is 53.9 Å². The van der Waals surface area contributed by atoms with Gasteiger partial charge in [0.05, 0.1) is 10.3 Å². The fourth-order valence-corrected chi connectivity index (χ4v) is 3.45. The minimum atomic E-state index is -1.39. The highest BCUT2D eigenvalue weighted by atomic mass is 32.1. The molecular weight excluding hydrogens is 378 g/mol. The molecule has 3 aromatic rings. The maximum Gasteiger partial charge on any atom is 0.328 e. The molecule has 0 fully saturated rings. The number of fused-ring (bicyclic) bond motifs is 1. The van der Waals surface area contributed by atoms with E-state index in [0.717, 1.165) is 15.8 Å². The largest absolute Gasteiger partial charge is 0.490 e. The lowest BCUT2D eigenvalue weighted by Crippen LogP contribution is -2.49. The molecule has 1 aromatic heterocycles. The van der Waals surface area contributed by atoms with Crippen LogP contribution in [-0.2, 0) is 4.79 Å². The number of carboxylic acids is 1. The molecule has 1 heterocycles. The topological polar surface area (TPSA) is 84.9 Å². The van der Waals surface area contributed by atoms with Gasteiger partial charge in [0.15, 0.2) is 0 Å². The molecule has 28 heavy (non-hydrogen) atoms. The van der Waals surface area contributed by atoms with Crippen LogP contribution in [0.4, 0.5) is 0 Å². The van der Waals surface area contributed by atoms with Crippen molar-refractivity contribution in [1.82, 2.24) is 5.32 Å². The standard InChI is InChI=1S/C21H21NO5S/c1-21(2,20(24)25)22-19(23)16-9-8-14-10-13-28-18(14)17(16)27-12-11-26-15-6-4-3-5-7-15/h3-10,13H,11-12H2,1-2H3,(H,22,23)(H,24,25). The Balaban J connectivity index is 1.77. The van der Waals surface area contributed by atoms with E-state index in [-0.39, 0.29) is 6.61 Å². The zero-order chi connectivity index (χ0) is 20.1. The minimum absolute atomic E-state index is 0.245. The fourth-order valence-electron chi connectivity index (χ4n) is 2.55. The van der Waals surface area contributed by atoms with E-state index in [2.05, 4.69) is 5.32 Å². The summed E-state index contributed by atoms with van der Waals surface area (Å²) in [6.07, 6.45) is 0. The minimum Gasteiger partial charge on any atom is -0.490 e. The summed E-state index contributed by atoms with van der Waals surface area (Å²) in [5, 5.41) is 14.7. The molecule has 0 aliphatic carbocycles. The van der Waals surface area contributed by atoms with E-state index >= 15 is 0 Å². The van der Waals surface area contributed by atoms with Gasteiger partial charge in [-0.05, 0) is 48.9 Å². The Kier molecular flexibility index (Phi) is 5.84. The third-order valence-corrected chi connectivity index (χ3v) is 5.05. The van der Waals surface area contributed by atoms with Crippen molar-refractivity contribution in [2.75, 3.05) is 13.2 Å². The summed E-state index contributed by atoms with van der Waals surface area (Å²) in [6, 6.07) is 14.8. The van der Waals surface area contributed by atoms with Crippen LogP contribution in [-0.4, -0.2) is 35.7 Å². The number of para-hydroxylation sites is 1. The van der Waals surface area contributed by atoms with Crippen LogP contribution in [0.2, 0.25) is 0 Å². The van der Waals surface area contributed by atoms with Gasteiger partial charge in [-0.2, -0.15) is 0 Å². The number of aliphatic carboxylic acids is 1. The second-order valence-electron chi connectivity index (χ2n) is 6.68. The number of nitrogens with one attached hydrogen (secondary N) is 1. The molecule has 0 aliphatic heterocycles. The molecule has 2 N–H and O–H groups in total. The molecule has 2 aromatic carbocycles. The van der Waals surface area contributed by atoms with E-state index in [0.29, 0.717) is 17.9 Å². The van der Waals surface area contributed by atoms with Crippen LogP contribution < -0.4 is 14.8 Å². The number of carboxylic acid groups (broad SMARTS) is 1. The van der Waals surface area contributed by atoms with Crippen LogP contribution in [0, 0.1) is 0 Å². The summed E-state index contributed by atoms with van der Waals surface area (Å²) in [4.78, 5) is 24.1. The number of hydrogen-bond donors (Lipinski definition) is 2. The molecule has 0 saturated heterocycles. The first-order valence-corrected chi connectivity index (χ1v) is 9.63. The summed E-state index contributed by atoms with van der Waals surface area (Å²) in [5.41, 5.74) is -1.10. The summed E-state index contributed by atoms with van der Waals surface area (Å²) in [6.45, 7) is 3.43. The molecule has 0 unspecified atom stereocenters. The van der Waals surface area contributed by atoms with Crippen LogP contribution >= 0.6 is 11.3 Å². The van der Waals surface area contributed by atoms with E-state index in [1.54, 1.807) is 6.07 Å². The lowest BCUT2D eigenvalue weighted by Gasteiger charge is -2.22. The van der Waals surface area contributed by atoms with Crippen LogP contribution in [0.5, 0.6) is 11.5 Å². The monoisotopic (exact) mass is 399 g/mol. The van der Waals surface area contributed by atoms with Crippen LogP contribution in [0.25, 0.3) is 10.1 Å². The maximum absolute atomic E-state index is 12.7. The number of benzene rings is 2. The Morgan fingerprint density at radius 2 is 1.75 bits per heavy atom. The van der Waals surface area contributed by atoms with Gasteiger partial charge >= 0.3 is 5.97 Å². The van der Waals surface area contributed by atoms with Crippen molar-refractivity contribution in [1.29, 1.82) is 0 Å². The zero-order valence-electron chi connectivity index (χ0n) is 15.6. The van der Waals surface area contributed by atoms with E-state index in [1.165, 1.54) is 25.2 Å². The summed E-state index contributed by atoms with van der Waals surface area (Å²) in [5.74, 6) is -0.442. The average Bonchev–Trinajstić information content (AvgIpc) is 3.14. The van der Waals surface area contributed by atoms with Gasteiger partial charge in [-0.15, -0.1) is 11.3 Å². The van der Waals surface area contributed by atoms with Crippen molar-refractivity contribution in [2.24, 2.45) is 0 Å². The van der Waals surface area contributed by atoms with Gasteiger partial charge in [0.25, 0.3) is 5.91 Å². The Hall–Kier alpha value is -3.06. The van der Waals surface area contributed by atoms with Crippen molar-refractivity contribution in [3.05, 3.63) is 59.5 Å². The molecule has 146 valence electrons. The SMILES string of the molecule is CC(C)(NC(=O)c1ccc2ccsc2c1OCCOc1ccccc1)C(=O)O. The first kappa shape index (κ1) is 19.7. The number of carbonyl (C=O) groups excluding carboxylic acids is 1. The number of ether oxygens (including phenoxy) is 2. The maximum atomic E-state index is 12.7. The van der Waals surface area contributed by atoms with Gasteiger partial charge in [0, 0.05) is 0 Å². The van der Waals surface area contributed by atoms with Crippen LogP contribution in [0.3, 0.4) is 0 Å². The predicted molar refractivity (Wildman–Crippen MR) is 108 cm³/mol. The molecule has 0 bridgehead atoms. The number of hydrogen-bond acceptors (Lipinski definition) is 5. The second kappa shape index (κ2) is 8.31. The van der Waals surface area contributed by atoms with Crippen molar-refractivity contribution in [3.63, 3.8) is 0 Å². The Bertz CT molecular complexity index is 981. The van der Waals surface area contributed by atoms with Gasteiger partial charge < -0.3 is 19.9 Å². The summed E-state index contributed by atoms with van der Waals surface area (Å²) in [7, 11) is 0. The van der Waals surface area contributed by atoms with E-state index < -0.39 is 17.4 Å². The third kappa shape index (κ3) is 4.43. The molecular formula is C21H21NO5S. The first-order chi connectivity index (χ1) is 13.4. The summed E-state index contributed by atoms with van der Waals surface area (Å²) < 4.78 is 12.4. The van der Waals surface area contributed by atoms with Gasteiger partial charge in [-0.25, -0.2) is 4.79 Å². The lowest BCUT2D eigenvalue weighted by atomic mass is 10.0. The Morgan fingerprint density at radius 1 is 1.04 bits per heavy atom. The number of thiophene rings is 1. The smallest absolute Gasteiger partial charge is 0.328 e. The quantitative estimate of drug-likeness (QED) is 0.560. The van der Waals surface area contributed by atoms with Crippen molar-refractivity contribution >= 4 is 33.3 Å². The number of amides is 1. The van der Waals surface area contributed by atoms with E-state index in [1.807, 2.05) is 47.8 Å². The predicted octanol–water partition coefficient (Wildman–Crippen LogP) is 3.95. The fraction of sp³-hybridized carbons (Fsp3) is 0.238. The highest BCUT2D eigenvalue weighted by Crippen LogP contribution is 2.34. The van der Waals surface area contributed by atoms with Crippen LogP contribution in [0.1, 0.15) is 24.2 Å². The average molecular weight is 399 g/mol. The van der Waals surface area contributed by atoms with Gasteiger partial charge in [0.2, 0.25) is 0 Å². The van der Waals surface area contributed by atoms with Crippen molar-refractivity contribution in [3.8, 4) is 11.5 Å². The number of rotatable bonds is 8. The zero-order valence-corrected chi connectivity index (χ0v) is 16.4. The molecule has 0 radical (unpaired) electrons. The third-order valence-electron chi connectivity index (χ3n) is 4.12. The van der Waals surface area contributed by atoms with Crippen molar-refractivity contribution in [2.45, 2.75) is 19.4 Å². The molecule has 1 amide bonds. The molecule has 7 heteroatoms. The van der Waals surface area contributed by atoms with Gasteiger partial charge in [0.1, 0.15) is 30.3 Å². The lowest BCUT2D eigenvalue weighted by molar-refractivity contribution is -0.143. The van der Waals surface area contributed by atoms with Gasteiger partial charge in [-0.1, -0.05) is 24.3 Å². The van der Waals surface area contributed by atoms with E-state index in [4.69, 9.17) is 9.47 Å². The normalized spacial score (nSPS) is 11.2. The molecule has 6 nitrogen and oxygen atoms in total. The summed E-state index contributed by atoms with van der Waals surface area (Å²) >= 11 is 1.46. The van der Waals surface area contributed by atoms with E-state index in [9.17, 15) is 14.7 Å². The Morgan fingerprint density at radius 3 is 2.46 bits per heavy atom. The highest BCUT2D eigenvalue weighted by molar-refractivity contribution is 7.17. The molecule has 3 rings (SSSR count). The molecule has 0 saturated carbocycles.